The van der Waals surface area contributed by atoms with Crippen LogP contribution in [0.1, 0.15) is 18.7 Å². The first-order valence-electron chi connectivity index (χ1n) is 7.75. The Balaban J connectivity index is 1.56. The number of nitrogens with one attached hydrogen (secondary N) is 1. The van der Waals surface area contributed by atoms with Crippen molar-refractivity contribution in [3.05, 3.63) is 30.4 Å². The fourth-order valence-corrected chi connectivity index (χ4v) is 3.16. The molecule has 1 aromatic carbocycles. The van der Waals surface area contributed by atoms with Gasteiger partial charge < -0.3 is 19.4 Å². The fraction of sp³-hybridized carbons (Fsp3) is 0.312. The summed E-state index contributed by atoms with van der Waals surface area (Å²) >= 11 is 0. The Kier molecular flexibility index (Phi) is 2.67. The van der Waals surface area contributed by atoms with Crippen LogP contribution >= 0.6 is 0 Å². The van der Waals surface area contributed by atoms with Gasteiger partial charge in [-0.3, -0.25) is 0 Å². The summed E-state index contributed by atoms with van der Waals surface area (Å²) in [6, 6.07) is 5.74. The quantitative estimate of drug-likeness (QED) is 0.784. The Labute approximate surface area is 132 Å². The maximum absolute atomic E-state index is 5.42. The summed E-state index contributed by atoms with van der Waals surface area (Å²) < 4.78 is 13.0. The molecular formula is C16H15N5O2. The molecule has 116 valence electrons. The maximum atomic E-state index is 5.42. The molecule has 0 saturated carbocycles. The zero-order valence-corrected chi connectivity index (χ0v) is 12.5. The predicted octanol–water partition coefficient (Wildman–Crippen LogP) is 2.63. The van der Waals surface area contributed by atoms with Gasteiger partial charge in [-0.25, -0.2) is 15.0 Å². The van der Waals surface area contributed by atoms with Crippen LogP contribution in [0.2, 0.25) is 0 Å². The minimum Gasteiger partial charge on any atom is -0.454 e. The van der Waals surface area contributed by atoms with Gasteiger partial charge >= 0.3 is 0 Å². The summed E-state index contributed by atoms with van der Waals surface area (Å²) in [6.07, 6.45) is 4.94. The molecule has 0 bridgehead atoms. The molecule has 0 fully saturated rings. The van der Waals surface area contributed by atoms with Crippen LogP contribution in [0.3, 0.4) is 0 Å². The average Bonchev–Trinajstić information content (AvgIpc) is 3.19. The predicted molar refractivity (Wildman–Crippen MR) is 84.1 cm³/mol. The van der Waals surface area contributed by atoms with Crippen LogP contribution in [0.5, 0.6) is 11.5 Å². The van der Waals surface area contributed by atoms with E-state index in [0.717, 1.165) is 53.0 Å². The molecule has 0 aliphatic carbocycles. The summed E-state index contributed by atoms with van der Waals surface area (Å²) in [6.45, 7) is 1.25. The summed E-state index contributed by atoms with van der Waals surface area (Å²) in [4.78, 5) is 13.5. The Morgan fingerprint density at radius 2 is 2.04 bits per heavy atom. The van der Waals surface area contributed by atoms with Gasteiger partial charge in [0.05, 0.1) is 0 Å². The average molecular weight is 309 g/mol. The molecule has 7 heteroatoms. The van der Waals surface area contributed by atoms with E-state index in [1.165, 1.54) is 12.8 Å². The standard InChI is InChI=1S/C16H15N5O2/c1-2-6-21-13(3-1)20-14-15(17-8-18-16(14)21)19-10-4-5-11-12(7-10)23-9-22-11/h4-5,7-8H,1-3,6,9H2,(H,17,18,19). The minimum absolute atomic E-state index is 0.268. The number of hydrogen-bond acceptors (Lipinski definition) is 6. The number of rotatable bonds is 2. The van der Waals surface area contributed by atoms with Crippen molar-refractivity contribution in [1.29, 1.82) is 0 Å². The van der Waals surface area contributed by atoms with Crippen LogP contribution in [-0.4, -0.2) is 26.3 Å². The van der Waals surface area contributed by atoms with Crippen molar-refractivity contribution in [1.82, 2.24) is 19.5 Å². The van der Waals surface area contributed by atoms with Crippen molar-refractivity contribution in [3.8, 4) is 11.5 Å². The van der Waals surface area contributed by atoms with Gasteiger partial charge in [0, 0.05) is 24.7 Å². The van der Waals surface area contributed by atoms with E-state index in [0.29, 0.717) is 0 Å². The van der Waals surface area contributed by atoms with Gasteiger partial charge in [-0.2, -0.15) is 0 Å². The van der Waals surface area contributed by atoms with Crippen LogP contribution in [-0.2, 0) is 13.0 Å². The number of aromatic nitrogens is 4. The summed E-state index contributed by atoms with van der Waals surface area (Å²) in [5.41, 5.74) is 2.61. The molecule has 0 atom stereocenters. The third kappa shape index (κ3) is 2.00. The van der Waals surface area contributed by atoms with E-state index in [2.05, 4.69) is 19.9 Å². The van der Waals surface area contributed by atoms with Crippen LogP contribution in [0.25, 0.3) is 11.2 Å². The second kappa shape index (κ2) is 4.84. The zero-order valence-electron chi connectivity index (χ0n) is 12.5. The van der Waals surface area contributed by atoms with Crippen LogP contribution in [0, 0.1) is 0 Å². The third-order valence-corrected chi connectivity index (χ3v) is 4.28. The molecule has 3 aromatic rings. The van der Waals surface area contributed by atoms with Gasteiger partial charge in [-0.15, -0.1) is 0 Å². The minimum atomic E-state index is 0.268. The highest BCUT2D eigenvalue weighted by Gasteiger charge is 2.19. The Bertz CT molecular complexity index is 905. The van der Waals surface area contributed by atoms with E-state index in [9.17, 15) is 0 Å². The number of fused-ring (bicyclic) bond motifs is 4. The van der Waals surface area contributed by atoms with Crippen molar-refractivity contribution >= 4 is 22.7 Å². The Morgan fingerprint density at radius 3 is 3.04 bits per heavy atom. The molecule has 0 radical (unpaired) electrons. The third-order valence-electron chi connectivity index (χ3n) is 4.28. The molecule has 4 heterocycles. The lowest BCUT2D eigenvalue weighted by atomic mass is 10.2. The van der Waals surface area contributed by atoms with E-state index in [4.69, 9.17) is 14.5 Å². The molecule has 0 spiro atoms. The number of aryl methyl sites for hydroxylation is 2. The normalized spacial score (nSPS) is 15.7. The molecule has 1 N–H and O–H groups in total. The topological polar surface area (TPSA) is 74.1 Å². The van der Waals surface area contributed by atoms with Gasteiger partial charge in [0.2, 0.25) is 6.79 Å². The van der Waals surface area contributed by atoms with Crippen molar-refractivity contribution in [3.63, 3.8) is 0 Å². The van der Waals surface area contributed by atoms with E-state index < -0.39 is 0 Å². The second-order valence-electron chi connectivity index (χ2n) is 5.72. The largest absolute Gasteiger partial charge is 0.454 e. The maximum Gasteiger partial charge on any atom is 0.231 e. The van der Waals surface area contributed by atoms with Gasteiger partial charge in [0.1, 0.15) is 12.2 Å². The smallest absolute Gasteiger partial charge is 0.231 e. The molecule has 0 amide bonds. The lowest BCUT2D eigenvalue weighted by Crippen LogP contribution is -2.10. The van der Waals surface area contributed by atoms with Crippen molar-refractivity contribution in [2.75, 3.05) is 12.1 Å². The molecule has 0 saturated heterocycles. The molecule has 5 rings (SSSR count). The highest BCUT2D eigenvalue weighted by molar-refractivity contribution is 5.85. The van der Waals surface area contributed by atoms with E-state index in [1.807, 2.05) is 18.2 Å². The number of nitrogens with zero attached hydrogens (tertiary/aromatic N) is 4. The van der Waals surface area contributed by atoms with Crippen molar-refractivity contribution in [2.45, 2.75) is 25.8 Å². The number of anilines is 2. The van der Waals surface area contributed by atoms with Gasteiger partial charge in [-0.05, 0) is 25.0 Å². The number of imidazole rings is 1. The SMILES string of the molecule is c1nc(Nc2ccc3c(c2)OCO3)c2nc3n(c2n1)CCCC3. The number of ether oxygens (including phenoxy) is 2. The number of benzene rings is 1. The zero-order chi connectivity index (χ0) is 15.2. The van der Waals surface area contributed by atoms with Crippen LogP contribution < -0.4 is 14.8 Å². The monoisotopic (exact) mass is 309 g/mol. The summed E-state index contributed by atoms with van der Waals surface area (Å²) in [5.74, 6) is 3.32. The van der Waals surface area contributed by atoms with Crippen molar-refractivity contribution < 1.29 is 9.47 Å². The van der Waals surface area contributed by atoms with Crippen LogP contribution in [0.15, 0.2) is 24.5 Å². The highest BCUT2D eigenvalue weighted by Crippen LogP contribution is 2.35. The first-order valence-corrected chi connectivity index (χ1v) is 7.75. The Hall–Kier alpha value is -2.83. The van der Waals surface area contributed by atoms with E-state index in [-0.39, 0.29) is 6.79 Å². The second-order valence-corrected chi connectivity index (χ2v) is 5.72. The molecule has 23 heavy (non-hydrogen) atoms. The van der Waals surface area contributed by atoms with Gasteiger partial charge in [0.25, 0.3) is 0 Å². The molecule has 7 nitrogen and oxygen atoms in total. The molecule has 0 unspecified atom stereocenters. The Morgan fingerprint density at radius 1 is 1.09 bits per heavy atom. The van der Waals surface area contributed by atoms with Gasteiger partial charge in [0.15, 0.2) is 28.5 Å². The number of hydrogen-bond donors (Lipinski definition) is 1. The molecular weight excluding hydrogens is 294 g/mol. The van der Waals surface area contributed by atoms with E-state index >= 15 is 0 Å². The molecule has 2 aliphatic heterocycles. The lowest BCUT2D eigenvalue weighted by molar-refractivity contribution is 0.174. The van der Waals surface area contributed by atoms with Crippen LogP contribution in [0.4, 0.5) is 11.5 Å². The van der Waals surface area contributed by atoms with Gasteiger partial charge in [-0.1, -0.05) is 0 Å². The molecule has 2 aromatic heterocycles. The first kappa shape index (κ1) is 12.7. The lowest BCUT2D eigenvalue weighted by Gasteiger charge is -2.13. The summed E-state index contributed by atoms with van der Waals surface area (Å²) in [5, 5.41) is 3.32. The van der Waals surface area contributed by atoms with E-state index in [1.54, 1.807) is 6.33 Å². The molecule has 2 aliphatic rings. The van der Waals surface area contributed by atoms with Crippen molar-refractivity contribution in [2.24, 2.45) is 0 Å². The summed E-state index contributed by atoms with van der Waals surface area (Å²) in [7, 11) is 0. The fourth-order valence-electron chi connectivity index (χ4n) is 3.16. The first-order chi connectivity index (χ1) is 11.4. The highest BCUT2D eigenvalue weighted by atomic mass is 16.7.